The van der Waals surface area contributed by atoms with Gasteiger partial charge in [-0.1, -0.05) is 5.16 Å². The van der Waals surface area contributed by atoms with Gasteiger partial charge in [0.1, 0.15) is 5.82 Å². The zero-order valence-corrected chi connectivity index (χ0v) is 17.4. The molecule has 11 heteroatoms. The lowest BCUT2D eigenvalue weighted by atomic mass is 10.1. The number of nitrogens with zero attached hydrogens (tertiary/aromatic N) is 7. The van der Waals surface area contributed by atoms with E-state index in [9.17, 15) is 13.2 Å². The maximum atomic E-state index is 12.7. The predicted octanol–water partition coefficient (Wildman–Crippen LogP) is 3.12. The Morgan fingerprint density at radius 3 is 2.26 bits per heavy atom. The Labute approximate surface area is 177 Å². The predicted molar refractivity (Wildman–Crippen MR) is 107 cm³/mol. The number of rotatable bonds is 4. The van der Waals surface area contributed by atoms with Crippen LogP contribution in [0.15, 0.2) is 22.9 Å². The van der Waals surface area contributed by atoms with E-state index in [0.29, 0.717) is 50.1 Å². The standard InChI is InChI=1S/C20H22F3N7O/c1-12-13(2)19(27-26-16(12)10-17-25-14(3)31-28-17)30-8-6-29(7-9-30)18-5-4-15(11-24-18)20(21,22)23/h4-5,11H,6-10H2,1-3H3. The summed E-state index contributed by atoms with van der Waals surface area (Å²) in [5.74, 6) is 2.43. The van der Waals surface area contributed by atoms with E-state index in [2.05, 4.69) is 30.2 Å². The van der Waals surface area contributed by atoms with Crippen LogP contribution in [0.4, 0.5) is 24.8 Å². The van der Waals surface area contributed by atoms with Crippen LogP contribution >= 0.6 is 0 Å². The lowest BCUT2D eigenvalue weighted by Crippen LogP contribution is -2.47. The zero-order chi connectivity index (χ0) is 22.2. The van der Waals surface area contributed by atoms with Crippen LogP contribution in [0, 0.1) is 20.8 Å². The minimum Gasteiger partial charge on any atom is -0.353 e. The number of hydrogen-bond acceptors (Lipinski definition) is 8. The number of hydrogen-bond donors (Lipinski definition) is 0. The van der Waals surface area contributed by atoms with E-state index in [-0.39, 0.29) is 0 Å². The largest absolute Gasteiger partial charge is 0.417 e. The fourth-order valence-electron chi connectivity index (χ4n) is 3.56. The monoisotopic (exact) mass is 433 g/mol. The van der Waals surface area contributed by atoms with Crippen molar-refractivity contribution in [3.8, 4) is 0 Å². The molecule has 0 saturated carbocycles. The molecule has 0 unspecified atom stereocenters. The van der Waals surface area contributed by atoms with Gasteiger partial charge in [-0.3, -0.25) is 0 Å². The SMILES string of the molecule is Cc1nc(Cc2nnc(N3CCN(c4ccc(C(F)(F)F)cn4)CC3)c(C)c2C)no1. The third-order valence-electron chi connectivity index (χ3n) is 5.47. The molecule has 4 heterocycles. The molecule has 1 saturated heterocycles. The first-order valence-corrected chi connectivity index (χ1v) is 9.87. The Hall–Kier alpha value is -3.24. The molecule has 3 aromatic heterocycles. The van der Waals surface area contributed by atoms with E-state index < -0.39 is 11.7 Å². The average Bonchev–Trinajstić information content (AvgIpc) is 3.16. The fraction of sp³-hybridized carbons (Fsp3) is 0.450. The summed E-state index contributed by atoms with van der Waals surface area (Å²) in [6.45, 7) is 8.34. The second-order valence-electron chi connectivity index (χ2n) is 7.50. The van der Waals surface area contributed by atoms with Crippen molar-refractivity contribution in [1.29, 1.82) is 0 Å². The van der Waals surface area contributed by atoms with Crippen LogP contribution < -0.4 is 9.80 Å². The van der Waals surface area contributed by atoms with E-state index in [4.69, 9.17) is 4.52 Å². The van der Waals surface area contributed by atoms with Crippen molar-refractivity contribution in [2.75, 3.05) is 36.0 Å². The smallest absolute Gasteiger partial charge is 0.353 e. The van der Waals surface area contributed by atoms with Gasteiger partial charge < -0.3 is 14.3 Å². The van der Waals surface area contributed by atoms with Crippen LogP contribution in [-0.4, -0.2) is 51.5 Å². The van der Waals surface area contributed by atoms with Gasteiger partial charge in [0.05, 0.1) is 17.7 Å². The zero-order valence-electron chi connectivity index (χ0n) is 17.4. The number of alkyl halides is 3. The summed E-state index contributed by atoms with van der Waals surface area (Å²) in [5, 5.41) is 12.7. The van der Waals surface area contributed by atoms with Gasteiger partial charge in [-0.2, -0.15) is 23.3 Å². The Balaban J connectivity index is 1.43. The van der Waals surface area contributed by atoms with Gasteiger partial charge in [0.2, 0.25) is 5.89 Å². The van der Waals surface area contributed by atoms with Crippen LogP contribution in [0.5, 0.6) is 0 Å². The number of aromatic nitrogens is 5. The summed E-state index contributed by atoms with van der Waals surface area (Å²) in [6.07, 6.45) is -3.05. The molecule has 1 aliphatic heterocycles. The third kappa shape index (κ3) is 4.44. The molecule has 0 N–H and O–H groups in total. The molecular formula is C20H22F3N7O. The van der Waals surface area contributed by atoms with Crippen molar-refractivity contribution in [2.45, 2.75) is 33.4 Å². The first kappa shape index (κ1) is 21.0. The minimum absolute atomic E-state index is 0.449. The lowest BCUT2D eigenvalue weighted by Gasteiger charge is -2.36. The van der Waals surface area contributed by atoms with Crippen LogP contribution in [0.3, 0.4) is 0 Å². The summed E-state index contributed by atoms with van der Waals surface area (Å²) >= 11 is 0. The van der Waals surface area contributed by atoms with E-state index in [0.717, 1.165) is 34.9 Å². The topological polar surface area (TPSA) is 84.1 Å². The highest BCUT2D eigenvalue weighted by Crippen LogP contribution is 2.30. The van der Waals surface area contributed by atoms with E-state index in [1.165, 1.54) is 6.07 Å². The second-order valence-corrected chi connectivity index (χ2v) is 7.50. The Morgan fingerprint density at radius 1 is 0.968 bits per heavy atom. The Bertz CT molecular complexity index is 1060. The number of aryl methyl sites for hydroxylation is 1. The molecule has 1 fully saturated rings. The van der Waals surface area contributed by atoms with Gasteiger partial charge in [-0.25, -0.2) is 4.98 Å². The van der Waals surface area contributed by atoms with Crippen molar-refractivity contribution in [1.82, 2.24) is 25.3 Å². The highest BCUT2D eigenvalue weighted by Gasteiger charge is 2.31. The van der Waals surface area contributed by atoms with Crippen molar-refractivity contribution in [3.63, 3.8) is 0 Å². The summed E-state index contributed by atoms with van der Waals surface area (Å²) in [7, 11) is 0. The first-order valence-electron chi connectivity index (χ1n) is 9.87. The highest BCUT2D eigenvalue weighted by molar-refractivity contribution is 5.52. The summed E-state index contributed by atoms with van der Waals surface area (Å²) in [5.41, 5.74) is 2.12. The molecule has 0 radical (unpaired) electrons. The van der Waals surface area contributed by atoms with E-state index in [1.807, 2.05) is 18.7 Å². The molecule has 164 valence electrons. The summed E-state index contributed by atoms with van der Waals surface area (Å²) < 4.78 is 43.2. The van der Waals surface area contributed by atoms with Gasteiger partial charge in [-0.15, -0.1) is 5.10 Å². The summed E-state index contributed by atoms with van der Waals surface area (Å²) in [4.78, 5) is 12.3. The van der Waals surface area contributed by atoms with Crippen molar-refractivity contribution in [3.05, 3.63) is 52.4 Å². The van der Waals surface area contributed by atoms with Gasteiger partial charge in [-0.05, 0) is 37.1 Å². The maximum Gasteiger partial charge on any atom is 0.417 e. The molecule has 31 heavy (non-hydrogen) atoms. The molecule has 0 amide bonds. The van der Waals surface area contributed by atoms with Crippen molar-refractivity contribution >= 4 is 11.6 Å². The first-order chi connectivity index (χ1) is 14.7. The van der Waals surface area contributed by atoms with Crippen molar-refractivity contribution < 1.29 is 17.7 Å². The molecule has 0 aliphatic carbocycles. The molecular weight excluding hydrogens is 411 g/mol. The average molecular weight is 433 g/mol. The maximum absolute atomic E-state index is 12.7. The van der Waals surface area contributed by atoms with Gasteiger partial charge in [0, 0.05) is 39.3 Å². The molecule has 3 aromatic rings. The fourth-order valence-corrected chi connectivity index (χ4v) is 3.56. The van der Waals surface area contributed by atoms with Crippen LogP contribution in [0.2, 0.25) is 0 Å². The quantitative estimate of drug-likeness (QED) is 0.621. The Kier molecular flexibility index (Phi) is 5.50. The molecule has 4 rings (SSSR count). The number of piperazine rings is 1. The number of halogens is 3. The number of pyridine rings is 1. The highest BCUT2D eigenvalue weighted by atomic mass is 19.4. The molecule has 0 atom stereocenters. The normalized spacial score (nSPS) is 14.9. The Morgan fingerprint density at radius 2 is 1.68 bits per heavy atom. The van der Waals surface area contributed by atoms with Crippen LogP contribution in [-0.2, 0) is 12.6 Å². The third-order valence-corrected chi connectivity index (χ3v) is 5.47. The van der Waals surface area contributed by atoms with Crippen LogP contribution in [0.25, 0.3) is 0 Å². The van der Waals surface area contributed by atoms with E-state index >= 15 is 0 Å². The molecule has 1 aliphatic rings. The van der Waals surface area contributed by atoms with Gasteiger partial charge >= 0.3 is 6.18 Å². The molecule has 8 nitrogen and oxygen atoms in total. The van der Waals surface area contributed by atoms with Crippen LogP contribution in [0.1, 0.15) is 34.1 Å². The molecule has 0 spiro atoms. The van der Waals surface area contributed by atoms with Crippen molar-refractivity contribution in [2.24, 2.45) is 0 Å². The molecule has 0 aromatic carbocycles. The van der Waals surface area contributed by atoms with Gasteiger partial charge in [0.25, 0.3) is 0 Å². The number of anilines is 2. The minimum atomic E-state index is -4.38. The second kappa shape index (κ2) is 8.12. The van der Waals surface area contributed by atoms with Gasteiger partial charge in [0.15, 0.2) is 11.6 Å². The van der Waals surface area contributed by atoms with E-state index in [1.54, 1.807) is 6.92 Å². The summed E-state index contributed by atoms with van der Waals surface area (Å²) in [6, 6.07) is 2.49. The lowest BCUT2D eigenvalue weighted by molar-refractivity contribution is -0.137. The molecule has 0 bridgehead atoms.